The highest BCUT2D eigenvalue weighted by molar-refractivity contribution is 6.15. The molecule has 0 atom stereocenters. The van der Waals surface area contributed by atoms with Crippen LogP contribution < -0.4 is 9.47 Å². The maximum absolute atomic E-state index is 14.5. The van der Waals surface area contributed by atoms with Gasteiger partial charge in [-0.2, -0.15) is 17.6 Å². The van der Waals surface area contributed by atoms with E-state index in [1.54, 1.807) is 13.8 Å². The summed E-state index contributed by atoms with van der Waals surface area (Å²) in [6, 6.07) is 7.05. The summed E-state index contributed by atoms with van der Waals surface area (Å²) >= 11 is 0. The van der Waals surface area contributed by atoms with E-state index in [2.05, 4.69) is 14.2 Å². The number of rotatable bonds is 4. The zero-order valence-electron chi connectivity index (χ0n) is 17.8. The number of aryl methyl sites for hydroxylation is 2. The molecule has 4 rings (SSSR count). The van der Waals surface area contributed by atoms with Crippen LogP contribution in [0, 0.1) is 37.1 Å². The number of benzene rings is 3. The minimum absolute atomic E-state index is 0.128. The van der Waals surface area contributed by atoms with Crippen LogP contribution >= 0.6 is 0 Å². The molecule has 0 aliphatic carbocycles. The van der Waals surface area contributed by atoms with Crippen molar-refractivity contribution in [1.82, 2.24) is 0 Å². The molecule has 0 amide bonds. The maximum Gasteiger partial charge on any atom is 0.346 e. The summed E-state index contributed by atoms with van der Waals surface area (Å²) in [6.45, 7) is 3.42. The average Bonchev–Trinajstić information content (AvgIpc) is 3.12. The summed E-state index contributed by atoms with van der Waals surface area (Å²) in [6.07, 6.45) is 0. The number of ether oxygens (including phenoxy) is 3. The second kappa shape index (κ2) is 8.67. The molecule has 7 nitrogen and oxygen atoms in total. The van der Waals surface area contributed by atoms with Gasteiger partial charge in [-0.1, -0.05) is 6.07 Å². The summed E-state index contributed by atoms with van der Waals surface area (Å²) in [4.78, 5) is 47.6. The van der Waals surface area contributed by atoms with Gasteiger partial charge in [0.2, 0.25) is 34.8 Å². The Morgan fingerprint density at radius 1 is 0.657 bits per heavy atom. The molecule has 0 spiro atoms. The number of carbonyl (C=O) groups excluding carboxylic acids is 4. The molecule has 0 saturated heterocycles. The molecule has 1 aliphatic rings. The van der Waals surface area contributed by atoms with Crippen molar-refractivity contribution in [3.8, 4) is 11.5 Å². The monoisotopic (exact) mass is 488 g/mol. The van der Waals surface area contributed by atoms with Gasteiger partial charge in [0, 0.05) is 0 Å². The van der Waals surface area contributed by atoms with Gasteiger partial charge in [-0.25, -0.2) is 19.2 Å². The maximum atomic E-state index is 14.5. The summed E-state index contributed by atoms with van der Waals surface area (Å²) in [5, 5.41) is 0. The van der Waals surface area contributed by atoms with Crippen LogP contribution in [-0.2, 0) is 4.74 Å². The lowest BCUT2D eigenvalue weighted by atomic mass is 10.1. The third kappa shape index (κ3) is 4.12. The Morgan fingerprint density at radius 3 is 1.63 bits per heavy atom. The van der Waals surface area contributed by atoms with Gasteiger partial charge in [0.15, 0.2) is 0 Å². The van der Waals surface area contributed by atoms with Crippen LogP contribution in [0.25, 0.3) is 0 Å². The van der Waals surface area contributed by atoms with Gasteiger partial charge >= 0.3 is 23.9 Å². The molecule has 1 heterocycles. The van der Waals surface area contributed by atoms with Crippen LogP contribution in [0.5, 0.6) is 11.5 Å². The molecule has 11 heteroatoms. The van der Waals surface area contributed by atoms with Crippen molar-refractivity contribution < 1.29 is 51.0 Å². The Hall–Kier alpha value is -4.54. The first-order valence-electron chi connectivity index (χ1n) is 9.77. The predicted octanol–water partition coefficient (Wildman–Crippen LogP) is 4.61. The largest absolute Gasteiger partial charge is 0.416 e. The first kappa shape index (κ1) is 23.6. The third-order valence-corrected chi connectivity index (χ3v) is 5.20. The van der Waals surface area contributed by atoms with Gasteiger partial charge in [-0.05, 0) is 55.3 Å². The Labute approximate surface area is 193 Å². The van der Waals surface area contributed by atoms with Crippen molar-refractivity contribution in [1.29, 1.82) is 0 Å². The van der Waals surface area contributed by atoms with Gasteiger partial charge in [0.25, 0.3) is 0 Å². The fourth-order valence-electron chi connectivity index (χ4n) is 3.15. The number of carbonyl (C=O) groups is 4. The first-order chi connectivity index (χ1) is 16.5. The van der Waals surface area contributed by atoms with Crippen LogP contribution in [-0.4, -0.2) is 23.9 Å². The molecule has 1 aliphatic heterocycles. The van der Waals surface area contributed by atoms with Crippen molar-refractivity contribution in [3.63, 3.8) is 0 Å². The van der Waals surface area contributed by atoms with E-state index in [0.29, 0.717) is 5.56 Å². The van der Waals surface area contributed by atoms with Crippen LogP contribution in [0.2, 0.25) is 0 Å². The van der Waals surface area contributed by atoms with E-state index in [1.807, 2.05) is 0 Å². The minimum atomic E-state index is -2.14. The normalized spacial score (nSPS) is 12.3. The quantitative estimate of drug-likeness (QED) is 0.174. The van der Waals surface area contributed by atoms with E-state index in [9.17, 15) is 36.7 Å². The molecule has 3 aromatic carbocycles. The Balaban J connectivity index is 1.63. The molecule has 0 radical (unpaired) electrons. The average molecular weight is 488 g/mol. The first-order valence-corrected chi connectivity index (χ1v) is 9.77. The molecule has 0 unspecified atom stereocenters. The molecule has 178 valence electrons. The smallest absolute Gasteiger partial charge is 0.346 e. The summed E-state index contributed by atoms with van der Waals surface area (Å²) in [7, 11) is 0. The molecule has 0 saturated carbocycles. The fourth-order valence-corrected chi connectivity index (χ4v) is 3.15. The lowest BCUT2D eigenvalue weighted by Crippen LogP contribution is -2.16. The van der Waals surface area contributed by atoms with E-state index in [1.165, 1.54) is 18.2 Å². The molecular weight excluding hydrogens is 476 g/mol. The van der Waals surface area contributed by atoms with Crippen LogP contribution in [0.1, 0.15) is 52.6 Å². The molecule has 0 aromatic heterocycles. The van der Waals surface area contributed by atoms with Crippen molar-refractivity contribution in [3.05, 3.63) is 93.0 Å². The fraction of sp³-hybridized carbons (Fsp3) is 0.0833. The summed E-state index contributed by atoms with van der Waals surface area (Å²) in [5.74, 6) is -16.7. The zero-order valence-corrected chi connectivity index (χ0v) is 17.8. The van der Waals surface area contributed by atoms with Gasteiger partial charge < -0.3 is 14.2 Å². The van der Waals surface area contributed by atoms with E-state index in [-0.39, 0.29) is 16.7 Å². The summed E-state index contributed by atoms with van der Waals surface area (Å²) < 4.78 is 71.4. The predicted molar refractivity (Wildman–Crippen MR) is 108 cm³/mol. The number of hydrogen-bond donors (Lipinski definition) is 0. The van der Waals surface area contributed by atoms with Crippen LogP contribution in [0.3, 0.4) is 0 Å². The highest BCUT2D eigenvalue weighted by Gasteiger charge is 2.33. The number of hydrogen-bond acceptors (Lipinski definition) is 7. The Bertz CT molecular complexity index is 1430. The molecule has 0 N–H and O–H groups in total. The zero-order chi connectivity index (χ0) is 25.6. The van der Waals surface area contributed by atoms with E-state index in [4.69, 9.17) is 0 Å². The molecule has 35 heavy (non-hydrogen) atoms. The molecular formula is C24H12F4O7. The lowest BCUT2D eigenvalue weighted by Gasteiger charge is -2.12. The number of esters is 4. The topological polar surface area (TPSA) is 96.0 Å². The molecule has 3 aromatic rings. The van der Waals surface area contributed by atoms with Gasteiger partial charge in [-0.15, -0.1) is 0 Å². The Morgan fingerprint density at radius 2 is 1.11 bits per heavy atom. The number of halogens is 4. The molecule has 0 fully saturated rings. The van der Waals surface area contributed by atoms with Gasteiger partial charge in [0.05, 0.1) is 22.3 Å². The molecule has 0 bridgehead atoms. The van der Waals surface area contributed by atoms with Crippen LogP contribution in [0.15, 0.2) is 36.4 Å². The standard InChI is InChI=1S/C24H12F4O7/c1-9-3-4-11(7-10(9)2)21(29)33-19-15(25)17(27)20(18(28)16(19)26)34-22(30)12-5-6-13-14(8-12)24(32)35-23(13)31/h3-8H,1-2H3. The van der Waals surface area contributed by atoms with Crippen molar-refractivity contribution in [2.24, 2.45) is 0 Å². The van der Waals surface area contributed by atoms with Crippen molar-refractivity contribution in [2.75, 3.05) is 0 Å². The van der Waals surface area contributed by atoms with E-state index in [0.717, 1.165) is 23.8 Å². The van der Waals surface area contributed by atoms with E-state index < -0.39 is 64.2 Å². The van der Waals surface area contributed by atoms with Crippen molar-refractivity contribution >= 4 is 23.9 Å². The number of fused-ring (bicyclic) bond motifs is 1. The second-order valence-corrected chi connectivity index (χ2v) is 7.43. The number of cyclic esters (lactones) is 2. The SMILES string of the molecule is Cc1ccc(C(=O)Oc2c(F)c(F)c(OC(=O)c3ccc4c(c3)C(=O)OC4=O)c(F)c2F)cc1C. The second-order valence-electron chi connectivity index (χ2n) is 7.43. The highest BCUT2D eigenvalue weighted by Crippen LogP contribution is 2.35. The Kier molecular flexibility index (Phi) is 5.85. The lowest BCUT2D eigenvalue weighted by molar-refractivity contribution is 0.0443. The van der Waals surface area contributed by atoms with E-state index >= 15 is 0 Å². The van der Waals surface area contributed by atoms with Crippen LogP contribution in [0.4, 0.5) is 17.6 Å². The minimum Gasteiger partial charge on any atom is -0.416 e. The summed E-state index contributed by atoms with van der Waals surface area (Å²) in [5.41, 5.74) is 0.405. The highest BCUT2D eigenvalue weighted by atomic mass is 19.2. The third-order valence-electron chi connectivity index (χ3n) is 5.20. The van der Waals surface area contributed by atoms with Crippen molar-refractivity contribution in [2.45, 2.75) is 13.8 Å². The van der Waals surface area contributed by atoms with Gasteiger partial charge in [0.1, 0.15) is 0 Å². The van der Waals surface area contributed by atoms with Gasteiger partial charge in [-0.3, -0.25) is 0 Å².